The van der Waals surface area contributed by atoms with Crippen LogP contribution in [0.25, 0.3) is 0 Å². The molecule has 1 aromatic heterocycles. The highest BCUT2D eigenvalue weighted by molar-refractivity contribution is 5.07. The predicted molar refractivity (Wildman–Crippen MR) is 46.5 cm³/mol. The van der Waals surface area contributed by atoms with Crippen LogP contribution in [0.15, 0.2) is 12.4 Å². The molecule has 0 amide bonds. The molecule has 0 fully saturated rings. The fourth-order valence-corrected chi connectivity index (χ4v) is 1.05. The quantitative estimate of drug-likeness (QED) is 0.680. The van der Waals surface area contributed by atoms with Crippen LogP contribution < -0.4 is 5.73 Å². The summed E-state index contributed by atoms with van der Waals surface area (Å²) in [6, 6.07) is 0. The van der Waals surface area contributed by atoms with Crippen molar-refractivity contribution in [1.29, 1.82) is 0 Å². The molecule has 68 valence electrons. The van der Waals surface area contributed by atoms with Gasteiger partial charge in [0, 0.05) is 18.3 Å². The Bertz CT molecular complexity index is 234. The minimum absolute atomic E-state index is 0.463. The predicted octanol–water partition coefficient (Wildman–Crippen LogP) is 0.285. The van der Waals surface area contributed by atoms with E-state index in [1.165, 1.54) is 0 Å². The van der Waals surface area contributed by atoms with Gasteiger partial charge in [0.2, 0.25) is 0 Å². The maximum Gasteiger partial charge on any atom is 0.0832 e. The van der Waals surface area contributed by atoms with Crippen molar-refractivity contribution in [2.24, 2.45) is 5.73 Å². The third kappa shape index (κ3) is 2.06. The summed E-state index contributed by atoms with van der Waals surface area (Å²) in [5, 5.41) is 13.5. The van der Waals surface area contributed by atoms with Gasteiger partial charge in [-0.25, -0.2) is 0 Å². The van der Waals surface area contributed by atoms with E-state index in [1.54, 1.807) is 10.9 Å². The first kappa shape index (κ1) is 9.22. The third-order valence-corrected chi connectivity index (χ3v) is 1.80. The van der Waals surface area contributed by atoms with E-state index in [0.717, 1.165) is 12.1 Å². The van der Waals surface area contributed by atoms with Gasteiger partial charge in [0.1, 0.15) is 0 Å². The van der Waals surface area contributed by atoms with Crippen LogP contribution in [-0.4, -0.2) is 21.4 Å². The maximum absolute atomic E-state index is 9.50. The minimum Gasteiger partial charge on any atom is -0.388 e. The highest BCUT2D eigenvalue weighted by Gasteiger charge is 2.07. The van der Waals surface area contributed by atoms with Crippen LogP contribution in [0.1, 0.15) is 25.0 Å². The Morgan fingerprint density at radius 3 is 3.00 bits per heavy atom. The molecule has 0 bridgehead atoms. The Balaban J connectivity index is 2.61. The molecule has 0 saturated heterocycles. The molecule has 0 radical (unpaired) electrons. The van der Waals surface area contributed by atoms with Gasteiger partial charge in [-0.3, -0.25) is 4.68 Å². The van der Waals surface area contributed by atoms with Gasteiger partial charge in [-0.15, -0.1) is 0 Å². The second kappa shape index (κ2) is 4.23. The number of hydrogen-bond acceptors (Lipinski definition) is 3. The molecule has 0 aliphatic rings. The summed E-state index contributed by atoms with van der Waals surface area (Å²) in [5.74, 6) is 0. The average molecular weight is 169 g/mol. The van der Waals surface area contributed by atoms with Gasteiger partial charge >= 0.3 is 0 Å². The number of aryl methyl sites for hydroxylation is 1. The van der Waals surface area contributed by atoms with E-state index in [4.69, 9.17) is 5.73 Å². The maximum atomic E-state index is 9.50. The molecular weight excluding hydrogens is 154 g/mol. The lowest BCUT2D eigenvalue weighted by molar-refractivity contribution is 0.170. The van der Waals surface area contributed by atoms with Gasteiger partial charge in [0.05, 0.1) is 12.3 Å². The van der Waals surface area contributed by atoms with Gasteiger partial charge in [-0.05, 0) is 19.9 Å². The van der Waals surface area contributed by atoms with Gasteiger partial charge in [0.15, 0.2) is 0 Å². The first-order chi connectivity index (χ1) is 5.77. The van der Waals surface area contributed by atoms with E-state index >= 15 is 0 Å². The lowest BCUT2D eigenvalue weighted by Gasteiger charge is -2.04. The second-order valence-corrected chi connectivity index (χ2v) is 2.72. The number of rotatable bonds is 4. The van der Waals surface area contributed by atoms with Crippen molar-refractivity contribution < 1.29 is 5.11 Å². The molecule has 3 N–H and O–H groups in total. The Hall–Kier alpha value is -0.870. The summed E-state index contributed by atoms with van der Waals surface area (Å²) in [4.78, 5) is 0. The molecule has 12 heavy (non-hydrogen) atoms. The molecular formula is C8H15N3O. The van der Waals surface area contributed by atoms with Crippen LogP contribution in [0.5, 0.6) is 0 Å². The van der Waals surface area contributed by atoms with Crippen molar-refractivity contribution in [2.45, 2.75) is 26.0 Å². The summed E-state index contributed by atoms with van der Waals surface area (Å²) < 4.78 is 1.79. The Morgan fingerprint density at radius 2 is 2.50 bits per heavy atom. The third-order valence-electron chi connectivity index (χ3n) is 1.80. The zero-order valence-electron chi connectivity index (χ0n) is 7.27. The van der Waals surface area contributed by atoms with Crippen LogP contribution in [0, 0.1) is 0 Å². The first-order valence-electron chi connectivity index (χ1n) is 4.18. The minimum atomic E-state index is -0.463. The molecule has 0 aromatic carbocycles. The molecule has 1 aromatic rings. The number of nitrogens with zero attached hydrogens (tertiary/aromatic N) is 2. The summed E-state index contributed by atoms with van der Waals surface area (Å²) in [6.07, 6.45) is 3.66. The smallest absolute Gasteiger partial charge is 0.0832 e. The van der Waals surface area contributed by atoms with E-state index in [2.05, 4.69) is 5.10 Å². The van der Waals surface area contributed by atoms with E-state index < -0.39 is 6.10 Å². The van der Waals surface area contributed by atoms with E-state index in [9.17, 15) is 5.11 Å². The Kier molecular flexibility index (Phi) is 3.25. The lowest BCUT2D eigenvalue weighted by atomic mass is 10.1. The van der Waals surface area contributed by atoms with Crippen molar-refractivity contribution in [3.05, 3.63) is 18.0 Å². The topological polar surface area (TPSA) is 64.1 Å². The molecule has 0 saturated carbocycles. The second-order valence-electron chi connectivity index (χ2n) is 2.72. The van der Waals surface area contributed by atoms with Crippen LogP contribution in [-0.2, 0) is 6.54 Å². The molecule has 0 unspecified atom stereocenters. The van der Waals surface area contributed by atoms with Crippen molar-refractivity contribution in [3.8, 4) is 0 Å². The van der Waals surface area contributed by atoms with Crippen molar-refractivity contribution >= 4 is 0 Å². The number of aliphatic hydroxyl groups is 1. The van der Waals surface area contributed by atoms with Gasteiger partial charge in [-0.1, -0.05) is 0 Å². The lowest BCUT2D eigenvalue weighted by Crippen LogP contribution is -2.06. The summed E-state index contributed by atoms with van der Waals surface area (Å²) in [7, 11) is 0. The van der Waals surface area contributed by atoms with Crippen molar-refractivity contribution in [2.75, 3.05) is 6.54 Å². The van der Waals surface area contributed by atoms with Crippen LogP contribution in [0.3, 0.4) is 0 Å². The molecule has 4 heteroatoms. The van der Waals surface area contributed by atoms with Crippen LogP contribution in [0.2, 0.25) is 0 Å². The number of aliphatic hydroxyl groups excluding tert-OH is 1. The summed E-state index contributed by atoms with van der Waals surface area (Å²) in [5.41, 5.74) is 6.17. The fraction of sp³-hybridized carbons (Fsp3) is 0.625. The van der Waals surface area contributed by atoms with Crippen LogP contribution in [0.4, 0.5) is 0 Å². The molecule has 1 rings (SSSR count). The average Bonchev–Trinajstić information content (AvgIpc) is 2.52. The molecule has 0 spiro atoms. The van der Waals surface area contributed by atoms with E-state index in [0.29, 0.717) is 13.0 Å². The number of aromatic nitrogens is 2. The Labute approximate surface area is 72.0 Å². The Morgan fingerprint density at radius 1 is 1.75 bits per heavy atom. The standard InChI is InChI=1S/C8H15N3O/c1-2-11-6-7(5-10-11)8(12)3-4-9/h5-6,8,12H,2-4,9H2,1H3/t8-/m1/s1. The fourth-order valence-electron chi connectivity index (χ4n) is 1.05. The van der Waals surface area contributed by atoms with Gasteiger partial charge in [-0.2, -0.15) is 5.10 Å². The first-order valence-corrected chi connectivity index (χ1v) is 4.18. The molecule has 4 nitrogen and oxygen atoms in total. The number of hydrogen-bond donors (Lipinski definition) is 2. The number of nitrogens with two attached hydrogens (primary N) is 1. The van der Waals surface area contributed by atoms with E-state index in [1.807, 2.05) is 13.1 Å². The summed E-state index contributed by atoms with van der Waals surface area (Å²) in [6.45, 7) is 3.33. The SMILES string of the molecule is CCn1cc([C@H](O)CCN)cn1. The van der Waals surface area contributed by atoms with Gasteiger partial charge in [0.25, 0.3) is 0 Å². The molecule has 0 aliphatic heterocycles. The normalized spacial score (nSPS) is 13.2. The highest BCUT2D eigenvalue weighted by atomic mass is 16.3. The zero-order chi connectivity index (χ0) is 8.97. The summed E-state index contributed by atoms with van der Waals surface area (Å²) >= 11 is 0. The zero-order valence-corrected chi connectivity index (χ0v) is 7.27. The largest absolute Gasteiger partial charge is 0.388 e. The van der Waals surface area contributed by atoms with Crippen LogP contribution >= 0.6 is 0 Å². The van der Waals surface area contributed by atoms with E-state index in [-0.39, 0.29) is 0 Å². The monoisotopic (exact) mass is 169 g/mol. The van der Waals surface area contributed by atoms with Crippen molar-refractivity contribution in [3.63, 3.8) is 0 Å². The molecule has 1 atom stereocenters. The molecule has 1 heterocycles. The molecule has 0 aliphatic carbocycles. The van der Waals surface area contributed by atoms with Gasteiger partial charge < -0.3 is 10.8 Å². The highest BCUT2D eigenvalue weighted by Crippen LogP contribution is 2.14. The van der Waals surface area contributed by atoms with Crippen molar-refractivity contribution in [1.82, 2.24) is 9.78 Å².